The molecule has 5 nitrogen and oxygen atoms in total. The van der Waals surface area contributed by atoms with Gasteiger partial charge in [0.1, 0.15) is 0 Å². The number of pyridine rings is 1. The Morgan fingerprint density at radius 1 is 1.03 bits per heavy atom. The Kier molecular flexibility index (Phi) is 6.98. The van der Waals surface area contributed by atoms with Gasteiger partial charge in [0.15, 0.2) is 0 Å². The van der Waals surface area contributed by atoms with Crippen molar-refractivity contribution in [2.75, 3.05) is 6.61 Å². The van der Waals surface area contributed by atoms with Gasteiger partial charge in [0, 0.05) is 16.8 Å². The number of carbonyl (C=O) groups is 2. The first-order valence-corrected chi connectivity index (χ1v) is 9.68. The molecule has 29 heavy (non-hydrogen) atoms. The summed E-state index contributed by atoms with van der Waals surface area (Å²) in [6, 6.07) is 19.7. The second-order valence-corrected chi connectivity index (χ2v) is 6.76. The average molecular weight is 409 g/mol. The van der Waals surface area contributed by atoms with Crippen molar-refractivity contribution in [1.29, 1.82) is 0 Å². The zero-order valence-corrected chi connectivity index (χ0v) is 16.7. The number of hydrogen-bond acceptors (Lipinski definition) is 4. The zero-order chi connectivity index (χ0) is 20.6. The molecule has 0 spiro atoms. The van der Waals surface area contributed by atoms with E-state index in [1.165, 1.54) is 6.20 Å². The normalized spacial score (nSPS) is 11.5. The fourth-order valence-electron chi connectivity index (χ4n) is 2.93. The first kappa shape index (κ1) is 20.6. The predicted octanol–water partition coefficient (Wildman–Crippen LogP) is 4.83. The lowest BCUT2D eigenvalue weighted by Gasteiger charge is -2.19. The van der Waals surface area contributed by atoms with Crippen LogP contribution in [0.1, 0.15) is 35.3 Å². The summed E-state index contributed by atoms with van der Waals surface area (Å²) in [6.07, 6.45) is 1.50. The largest absolute Gasteiger partial charge is 0.466 e. The van der Waals surface area contributed by atoms with Crippen LogP contribution in [0.5, 0.6) is 0 Å². The molecule has 1 unspecified atom stereocenters. The molecule has 0 fully saturated rings. The summed E-state index contributed by atoms with van der Waals surface area (Å²) in [5.41, 5.74) is 2.79. The van der Waals surface area contributed by atoms with Gasteiger partial charge in [-0.15, -0.1) is 0 Å². The third-order valence-electron chi connectivity index (χ3n) is 4.36. The molecular weight excluding hydrogens is 388 g/mol. The minimum absolute atomic E-state index is 0.0150. The summed E-state index contributed by atoms with van der Waals surface area (Å²) in [6.45, 7) is 2.01. The Hall–Kier alpha value is -3.18. The minimum atomic E-state index is -0.607. The van der Waals surface area contributed by atoms with E-state index in [0.717, 1.165) is 11.3 Å². The molecule has 0 saturated carbocycles. The number of nitrogens with one attached hydrogen (secondary N) is 1. The summed E-state index contributed by atoms with van der Waals surface area (Å²) in [4.78, 5) is 29.2. The molecule has 0 saturated heterocycles. The van der Waals surface area contributed by atoms with Gasteiger partial charge in [-0.25, -0.2) is 0 Å². The van der Waals surface area contributed by atoms with Crippen molar-refractivity contribution in [3.8, 4) is 11.3 Å². The van der Waals surface area contributed by atoms with Crippen LogP contribution in [0.25, 0.3) is 11.3 Å². The summed E-state index contributed by atoms with van der Waals surface area (Å²) in [5, 5.41) is 3.35. The predicted molar refractivity (Wildman–Crippen MR) is 113 cm³/mol. The van der Waals surface area contributed by atoms with Crippen molar-refractivity contribution in [3.63, 3.8) is 0 Å². The highest BCUT2D eigenvalue weighted by Crippen LogP contribution is 2.26. The highest BCUT2D eigenvalue weighted by Gasteiger charge is 2.22. The molecule has 2 aromatic carbocycles. The monoisotopic (exact) mass is 408 g/mol. The van der Waals surface area contributed by atoms with E-state index in [1.54, 1.807) is 37.3 Å². The molecule has 1 amide bonds. The van der Waals surface area contributed by atoms with E-state index in [9.17, 15) is 9.59 Å². The number of hydrogen-bond donors (Lipinski definition) is 1. The lowest BCUT2D eigenvalue weighted by atomic mass is 10.0. The summed E-state index contributed by atoms with van der Waals surface area (Å²) < 4.78 is 5.04. The zero-order valence-electron chi connectivity index (χ0n) is 16.0. The number of halogens is 1. The van der Waals surface area contributed by atoms with E-state index in [2.05, 4.69) is 10.3 Å². The van der Waals surface area contributed by atoms with Crippen molar-refractivity contribution >= 4 is 23.5 Å². The molecule has 6 heteroatoms. The van der Waals surface area contributed by atoms with Gasteiger partial charge in [-0.05, 0) is 30.7 Å². The third kappa shape index (κ3) is 5.42. The Labute approximate surface area is 174 Å². The van der Waals surface area contributed by atoms with E-state index >= 15 is 0 Å². The van der Waals surface area contributed by atoms with Crippen molar-refractivity contribution in [2.45, 2.75) is 19.4 Å². The van der Waals surface area contributed by atoms with Crippen molar-refractivity contribution in [3.05, 3.63) is 89.1 Å². The van der Waals surface area contributed by atoms with Crippen LogP contribution in [-0.2, 0) is 9.53 Å². The second kappa shape index (κ2) is 9.85. The molecule has 1 N–H and O–H groups in total. The molecule has 1 aromatic heterocycles. The highest BCUT2D eigenvalue weighted by molar-refractivity contribution is 6.31. The maximum atomic E-state index is 12.8. The smallest absolute Gasteiger partial charge is 0.308 e. The second-order valence-electron chi connectivity index (χ2n) is 6.35. The van der Waals surface area contributed by atoms with E-state index in [1.807, 2.05) is 36.4 Å². The van der Waals surface area contributed by atoms with Crippen molar-refractivity contribution in [1.82, 2.24) is 10.3 Å². The molecule has 0 aliphatic rings. The van der Waals surface area contributed by atoms with Gasteiger partial charge < -0.3 is 10.1 Å². The molecule has 1 atom stereocenters. The van der Waals surface area contributed by atoms with Crippen LogP contribution in [0.15, 0.2) is 72.9 Å². The van der Waals surface area contributed by atoms with Gasteiger partial charge in [-0.3, -0.25) is 14.6 Å². The standard InChI is InChI=1S/C23H21ClN2O3/c1-2-29-22(27)14-21(18-10-6-7-11-19(18)24)26-23(28)17-12-13-20(25-15-17)16-8-4-3-5-9-16/h3-13,15,21H,2,14H2,1H3,(H,26,28). The summed E-state index contributed by atoms with van der Waals surface area (Å²) >= 11 is 6.28. The molecule has 1 heterocycles. The maximum Gasteiger partial charge on any atom is 0.308 e. The van der Waals surface area contributed by atoms with E-state index in [4.69, 9.17) is 16.3 Å². The van der Waals surface area contributed by atoms with Crippen molar-refractivity contribution < 1.29 is 14.3 Å². The van der Waals surface area contributed by atoms with Gasteiger partial charge >= 0.3 is 5.97 Å². The van der Waals surface area contributed by atoms with Gasteiger partial charge in [-0.2, -0.15) is 0 Å². The van der Waals surface area contributed by atoms with Crippen LogP contribution in [0.4, 0.5) is 0 Å². The van der Waals surface area contributed by atoms with Crippen LogP contribution >= 0.6 is 11.6 Å². The topological polar surface area (TPSA) is 68.3 Å². The number of nitrogens with zero attached hydrogens (tertiary/aromatic N) is 1. The fourth-order valence-corrected chi connectivity index (χ4v) is 3.20. The first-order valence-electron chi connectivity index (χ1n) is 9.31. The van der Waals surface area contributed by atoms with Crippen LogP contribution in [0.2, 0.25) is 5.02 Å². The number of carbonyl (C=O) groups excluding carboxylic acids is 2. The Bertz CT molecular complexity index is 975. The van der Waals surface area contributed by atoms with Gasteiger partial charge in [0.25, 0.3) is 5.91 Å². The molecule has 0 aliphatic carbocycles. The molecule has 3 aromatic rings. The Morgan fingerprint density at radius 3 is 2.41 bits per heavy atom. The maximum absolute atomic E-state index is 12.8. The molecule has 148 valence electrons. The first-order chi connectivity index (χ1) is 14.1. The number of rotatable bonds is 7. The fraction of sp³-hybridized carbons (Fsp3) is 0.174. The third-order valence-corrected chi connectivity index (χ3v) is 4.70. The number of esters is 1. The van der Waals surface area contributed by atoms with Crippen LogP contribution in [-0.4, -0.2) is 23.5 Å². The van der Waals surface area contributed by atoms with E-state index in [0.29, 0.717) is 16.1 Å². The molecule has 0 aliphatic heterocycles. The molecule has 0 radical (unpaired) electrons. The lowest BCUT2D eigenvalue weighted by molar-refractivity contribution is -0.143. The van der Waals surface area contributed by atoms with Gasteiger partial charge in [0.2, 0.25) is 0 Å². The van der Waals surface area contributed by atoms with E-state index < -0.39 is 12.0 Å². The summed E-state index contributed by atoms with van der Waals surface area (Å²) in [5.74, 6) is -0.749. The minimum Gasteiger partial charge on any atom is -0.466 e. The van der Waals surface area contributed by atoms with Crippen LogP contribution < -0.4 is 5.32 Å². The number of ether oxygens (including phenoxy) is 1. The van der Waals surface area contributed by atoms with Crippen LogP contribution in [0, 0.1) is 0 Å². The molecule has 3 rings (SSSR count). The van der Waals surface area contributed by atoms with Crippen LogP contribution in [0.3, 0.4) is 0 Å². The van der Waals surface area contributed by atoms with Gasteiger partial charge in [0.05, 0.1) is 30.3 Å². The quantitative estimate of drug-likeness (QED) is 0.569. The van der Waals surface area contributed by atoms with Crippen molar-refractivity contribution in [2.24, 2.45) is 0 Å². The van der Waals surface area contributed by atoms with Gasteiger partial charge in [-0.1, -0.05) is 60.1 Å². The van der Waals surface area contributed by atoms with E-state index in [-0.39, 0.29) is 18.9 Å². The molecule has 0 bridgehead atoms. The number of benzene rings is 2. The number of amides is 1. The highest BCUT2D eigenvalue weighted by atomic mass is 35.5. The summed E-state index contributed by atoms with van der Waals surface area (Å²) in [7, 11) is 0. The average Bonchev–Trinajstić information content (AvgIpc) is 2.74. The Balaban J connectivity index is 1.79. The molecular formula is C23H21ClN2O3. The Morgan fingerprint density at radius 2 is 1.76 bits per heavy atom. The number of aromatic nitrogens is 1. The lowest BCUT2D eigenvalue weighted by Crippen LogP contribution is -2.31. The SMILES string of the molecule is CCOC(=O)CC(NC(=O)c1ccc(-c2ccccc2)nc1)c1ccccc1Cl.